The van der Waals surface area contributed by atoms with Gasteiger partial charge in [-0.15, -0.1) is 0 Å². The van der Waals surface area contributed by atoms with Crippen molar-refractivity contribution in [1.29, 1.82) is 0 Å². The number of primary amides is 1. The first-order valence-electron chi connectivity index (χ1n) is 4.23. The molecule has 1 amide bonds. The summed E-state index contributed by atoms with van der Waals surface area (Å²) < 4.78 is 10.2. The van der Waals surface area contributed by atoms with Gasteiger partial charge in [0.15, 0.2) is 6.29 Å². The number of benzene rings is 1. The third kappa shape index (κ3) is 2.74. The normalized spacial score (nSPS) is 12.1. The Bertz CT molecular complexity index is 308. The van der Waals surface area contributed by atoms with Crippen molar-refractivity contribution >= 4 is 5.91 Å². The summed E-state index contributed by atoms with van der Waals surface area (Å²) in [5.74, 6) is 0.195. The fourth-order valence-corrected chi connectivity index (χ4v) is 0.938. The van der Waals surface area contributed by atoms with Gasteiger partial charge in [0.25, 0.3) is 0 Å². The Kier molecular flexibility index (Phi) is 3.48. The lowest BCUT2D eigenvalue weighted by Crippen LogP contribution is -2.14. The first-order valence-corrected chi connectivity index (χ1v) is 4.23. The molecule has 0 fully saturated rings. The molecule has 0 saturated carbocycles. The van der Waals surface area contributed by atoms with Gasteiger partial charge in [0.05, 0.1) is 0 Å². The van der Waals surface area contributed by atoms with Gasteiger partial charge in [0, 0.05) is 12.7 Å². The van der Waals surface area contributed by atoms with Crippen LogP contribution in [0.25, 0.3) is 0 Å². The summed E-state index contributed by atoms with van der Waals surface area (Å²) in [7, 11) is 1.56. The van der Waals surface area contributed by atoms with E-state index < -0.39 is 5.91 Å². The average molecular weight is 195 g/mol. The Morgan fingerprint density at radius 3 is 2.36 bits per heavy atom. The van der Waals surface area contributed by atoms with Gasteiger partial charge in [0.1, 0.15) is 5.75 Å². The van der Waals surface area contributed by atoms with Gasteiger partial charge in [-0.25, -0.2) is 0 Å². The molecule has 0 saturated heterocycles. The van der Waals surface area contributed by atoms with E-state index in [1.807, 2.05) is 0 Å². The van der Waals surface area contributed by atoms with E-state index in [9.17, 15) is 4.79 Å². The summed E-state index contributed by atoms with van der Waals surface area (Å²) in [6.45, 7) is 1.78. The van der Waals surface area contributed by atoms with Gasteiger partial charge in [-0.1, -0.05) is 0 Å². The van der Waals surface area contributed by atoms with Crippen LogP contribution in [-0.2, 0) is 4.74 Å². The smallest absolute Gasteiger partial charge is 0.248 e. The Morgan fingerprint density at radius 2 is 1.93 bits per heavy atom. The third-order valence-electron chi connectivity index (χ3n) is 1.77. The van der Waals surface area contributed by atoms with Crippen LogP contribution in [-0.4, -0.2) is 19.3 Å². The molecular formula is C10H13NO3. The number of carbonyl (C=O) groups excluding carboxylic acids is 1. The van der Waals surface area contributed by atoms with Crippen LogP contribution in [0.1, 0.15) is 17.3 Å². The third-order valence-corrected chi connectivity index (χ3v) is 1.77. The molecule has 0 aliphatic rings. The molecule has 0 aliphatic heterocycles. The van der Waals surface area contributed by atoms with Gasteiger partial charge in [0.2, 0.25) is 5.91 Å². The Balaban J connectivity index is 2.68. The Labute approximate surface area is 82.6 Å². The lowest BCUT2D eigenvalue weighted by molar-refractivity contribution is -0.0382. The molecule has 1 rings (SSSR count). The fraction of sp³-hybridized carbons (Fsp3) is 0.300. The second-order valence-corrected chi connectivity index (χ2v) is 2.81. The average Bonchev–Trinajstić information content (AvgIpc) is 2.18. The van der Waals surface area contributed by atoms with E-state index in [-0.39, 0.29) is 6.29 Å². The number of ether oxygens (including phenoxy) is 2. The summed E-state index contributed by atoms with van der Waals surface area (Å²) >= 11 is 0. The molecule has 76 valence electrons. The van der Waals surface area contributed by atoms with Gasteiger partial charge < -0.3 is 15.2 Å². The van der Waals surface area contributed by atoms with E-state index in [0.29, 0.717) is 11.3 Å². The van der Waals surface area contributed by atoms with Gasteiger partial charge in [-0.2, -0.15) is 0 Å². The second kappa shape index (κ2) is 4.62. The van der Waals surface area contributed by atoms with E-state index in [0.717, 1.165) is 0 Å². The molecule has 0 aromatic heterocycles. The van der Waals surface area contributed by atoms with Crippen LogP contribution in [0.15, 0.2) is 24.3 Å². The summed E-state index contributed by atoms with van der Waals surface area (Å²) in [5.41, 5.74) is 5.55. The number of methoxy groups -OCH3 is 1. The lowest BCUT2D eigenvalue weighted by atomic mass is 10.2. The highest BCUT2D eigenvalue weighted by atomic mass is 16.7. The molecule has 0 aliphatic carbocycles. The van der Waals surface area contributed by atoms with Gasteiger partial charge in [-0.05, 0) is 31.2 Å². The van der Waals surface area contributed by atoms with Gasteiger partial charge in [-0.3, -0.25) is 4.79 Å². The van der Waals surface area contributed by atoms with Crippen molar-refractivity contribution in [3.05, 3.63) is 29.8 Å². The monoisotopic (exact) mass is 195 g/mol. The van der Waals surface area contributed by atoms with Crippen LogP contribution >= 0.6 is 0 Å². The maximum Gasteiger partial charge on any atom is 0.248 e. The molecule has 4 heteroatoms. The van der Waals surface area contributed by atoms with Crippen LogP contribution in [0.4, 0.5) is 0 Å². The number of nitrogens with two attached hydrogens (primary N) is 1. The molecule has 0 radical (unpaired) electrons. The summed E-state index contributed by atoms with van der Waals surface area (Å²) in [4.78, 5) is 10.7. The molecule has 1 unspecified atom stereocenters. The van der Waals surface area contributed by atoms with Crippen LogP contribution in [0.2, 0.25) is 0 Å². The van der Waals surface area contributed by atoms with E-state index in [1.165, 1.54) is 0 Å². The van der Waals surface area contributed by atoms with E-state index in [2.05, 4.69) is 0 Å². The van der Waals surface area contributed by atoms with E-state index in [1.54, 1.807) is 38.3 Å². The number of hydrogen-bond donors (Lipinski definition) is 1. The van der Waals surface area contributed by atoms with Crippen molar-refractivity contribution in [2.75, 3.05) is 7.11 Å². The van der Waals surface area contributed by atoms with Gasteiger partial charge >= 0.3 is 0 Å². The van der Waals surface area contributed by atoms with E-state index in [4.69, 9.17) is 15.2 Å². The SMILES string of the molecule is COC(C)Oc1ccc(C(N)=O)cc1. The van der Waals surface area contributed by atoms with Crippen molar-refractivity contribution in [1.82, 2.24) is 0 Å². The Hall–Kier alpha value is -1.55. The summed E-state index contributed by atoms with van der Waals surface area (Å²) in [6, 6.07) is 6.57. The first kappa shape index (κ1) is 10.5. The Morgan fingerprint density at radius 1 is 1.36 bits per heavy atom. The highest BCUT2D eigenvalue weighted by Crippen LogP contribution is 2.13. The maximum absolute atomic E-state index is 10.7. The molecule has 4 nitrogen and oxygen atoms in total. The van der Waals surface area contributed by atoms with Crippen molar-refractivity contribution in [2.24, 2.45) is 5.73 Å². The van der Waals surface area contributed by atoms with Crippen LogP contribution in [0.5, 0.6) is 5.75 Å². The largest absolute Gasteiger partial charge is 0.465 e. The zero-order chi connectivity index (χ0) is 10.6. The fourth-order valence-electron chi connectivity index (χ4n) is 0.938. The topological polar surface area (TPSA) is 61.6 Å². The number of amides is 1. The summed E-state index contributed by atoms with van der Waals surface area (Å²) in [6.07, 6.45) is -0.311. The predicted octanol–water partition coefficient (Wildman–Crippen LogP) is 1.16. The quantitative estimate of drug-likeness (QED) is 0.733. The predicted molar refractivity (Wildman–Crippen MR) is 52.1 cm³/mol. The summed E-state index contributed by atoms with van der Waals surface area (Å²) in [5, 5.41) is 0. The second-order valence-electron chi connectivity index (χ2n) is 2.81. The zero-order valence-electron chi connectivity index (χ0n) is 8.19. The molecule has 1 aromatic rings. The zero-order valence-corrected chi connectivity index (χ0v) is 8.19. The number of carbonyl (C=O) groups is 1. The number of hydrogen-bond acceptors (Lipinski definition) is 3. The molecule has 1 atom stereocenters. The van der Waals surface area contributed by atoms with Crippen molar-refractivity contribution in [3.63, 3.8) is 0 Å². The molecular weight excluding hydrogens is 182 g/mol. The molecule has 0 bridgehead atoms. The number of rotatable bonds is 4. The molecule has 0 spiro atoms. The molecule has 1 aromatic carbocycles. The van der Waals surface area contributed by atoms with Crippen LogP contribution in [0.3, 0.4) is 0 Å². The molecule has 14 heavy (non-hydrogen) atoms. The minimum absolute atomic E-state index is 0.311. The minimum Gasteiger partial charge on any atom is -0.465 e. The molecule has 2 N–H and O–H groups in total. The van der Waals surface area contributed by atoms with Crippen molar-refractivity contribution in [3.8, 4) is 5.75 Å². The minimum atomic E-state index is -0.448. The van der Waals surface area contributed by atoms with E-state index >= 15 is 0 Å². The van der Waals surface area contributed by atoms with Crippen LogP contribution < -0.4 is 10.5 Å². The van der Waals surface area contributed by atoms with Crippen molar-refractivity contribution < 1.29 is 14.3 Å². The standard InChI is InChI=1S/C10H13NO3/c1-7(13-2)14-9-5-3-8(4-6-9)10(11)12/h3-7H,1-2H3,(H2,11,12). The highest BCUT2D eigenvalue weighted by molar-refractivity contribution is 5.92. The highest BCUT2D eigenvalue weighted by Gasteiger charge is 2.03. The van der Waals surface area contributed by atoms with Crippen LogP contribution in [0, 0.1) is 0 Å². The van der Waals surface area contributed by atoms with Crippen molar-refractivity contribution in [2.45, 2.75) is 13.2 Å². The lowest BCUT2D eigenvalue weighted by Gasteiger charge is -2.12. The maximum atomic E-state index is 10.7. The first-order chi connectivity index (χ1) is 6.63. The molecule has 0 heterocycles.